The van der Waals surface area contributed by atoms with Crippen LogP contribution >= 0.6 is 11.6 Å². The fraction of sp³-hybridized carbons (Fsp3) is 0.391. The summed E-state index contributed by atoms with van der Waals surface area (Å²) in [5.74, 6) is -1.30. The molecule has 0 bridgehead atoms. The fourth-order valence-electron chi connectivity index (χ4n) is 3.48. The Balaban J connectivity index is 1.47. The normalized spacial score (nSPS) is 21.5. The molecule has 0 amide bonds. The number of carbonyl (C=O) groups is 2. The van der Waals surface area contributed by atoms with Crippen molar-refractivity contribution in [3.63, 3.8) is 0 Å². The lowest BCUT2D eigenvalue weighted by atomic mass is 9.83. The number of hydrogen-bond donors (Lipinski definition) is 1. The second-order valence-electron chi connectivity index (χ2n) is 7.37. The number of benzene rings is 2. The predicted molar refractivity (Wildman–Crippen MR) is 109 cm³/mol. The van der Waals surface area contributed by atoms with Gasteiger partial charge in [-0.15, -0.1) is 11.6 Å². The summed E-state index contributed by atoms with van der Waals surface area (Å²) in [5, 5.41) is 10.7. The van der Waals surface area contributed by atoms with Crippen molar-refractivity contribution in [2.45, 2.75) is 56.3 Å². The van der Waals surface area contributed by atoms with Gasteiger partial charge in [0.1, 0.15) is 0 Å². The Bertz CT molecular complexity index is 828. The standard InChI is InChI=1S/C23H25ClO5/c24-15-19-9-5-4-8-18(19)14-21(25)29-22(26)23(27)12-10-20(11-13-23)28-16-17-6-2-1-3-7-17/h1-9,20,27H,10-16H2. The van der Waals surface area contributed by atoms with Crippen LogP contribution < -0.4 is 0 Å². The summed E-state index contributed by atoms with van der Waals surface area (Å²) >= 11 is 5.87. The van der Waals surface area contributed by atoms with Gasteiger partial charge in [-0.05, 0) is 42.4 Å². The predicted octanol–water partition coefficient (Wildman–Crippen LogP) is 3.93. The van der Waals surface area contributed by atoms with E-state index < -0.39 is 17.5 Å². The van der Waals surface area contributed by atoms with Crippen LogP contribution in [-0.2, 0) is 38.0 Å². The van der Waals surface area contributed by atoms with Crippen LogP contribution in [0.1, 0.15) is 42.4 Å². The third-order valence-corrected chi connectivity index (χ3v) is 5.56. The second-order valence-corrected chi connectivity index (χ2v) is 7.64. The molecular weight excluding hydrogens is 392 g/mol. The van der Waals surface area contributed by atoms with Crippen LogP contribution in [0.25, 0.3) is 0 Å². The number of ether oxygens (including phenoxy) is 2. The van der Waals surface area contributed by atoms with E-state index in [4.69, 9.17) is 21.1 Å². The zero-order valence-electron chi connectivity index (χ0n) is 16.2. The van der Waals surface area contributed by atoms with Crippen molar-refractivity contribution in [1.29, 1.82) is 0 Å². The molecule has 1 aliphatic rings. The van der Waals surface area contributed by atoms with Crippen molar-refractivity contribution >= 4 is 23.5 Å². The topological polar surface area (TPSA) is 72.8 Å². The second kappa shape index (κ2) is 10.0. The number of rotatable bonds is 7. The van der Waals surface area contributed by atoms with E-state index in [0.717, 1.165) is 11.1 Å². The first-order valence-corrected chi connectivity index (χ1v) is 10.3. The van der Waals surface area contributed by atoms with Gasteiger partial charge < -0.3 is 14.6 Å². The van der Waals surface area contributed by atoms with Gasteiger partial charge in [0, 0.05) is 5.88 Å². The van der Waals surface area contributed by atoms with Crippen molar-refractivity contribution in [2.24, 2.45) is 0 Å². The summed E-state index contributed by atoms with van der Waals surface area (Å²) in [4.78, 5) is 24.6. The molecule has 2 aromatic rings. The lowest BCUT2D eigenvalue weighted by molar-refractivity contribution is -0.178. The molecule has 0 saturated heterocycles. The van der Waals surface area contributed by atoms with E-state index in [1.807, 2.05) is 42.5 Å². The molecule has 1 aliphatic carbocycles. The van der Waals surface area contributed by atoms with Crippen LogP contribution in [0, 0.1) is 0 Å². The number of carbonyl (C=O) groups excluding carboxylic acids is 2. The van der Waals surface area contributed by atoms with E-state index in [9.17, 15) is 14.7 Å². The molecule has 1 N–H and O–H groups in total. The molecule has 1 saturated carbocycles. The zero-order valence-corrected chi connectivity index (χ0v) is 16.9. The van der Waals surface area contributed by atoms with Gasteiger partial charge in [-0.25, -0.2) is 4.79 Å². The maximum Gasteiger partial charge on any atom is 0.345 e. The van der Waals surface area contributed by atoms with Crippen LogP contribution in [0.3, 0.4) is 0 Å². The minimum Gasteiger partial charge on any atom is -0.391 e. The number of aliphatic hydroxyl groups is 1. The van der Waals surface area contributed by atoms with Crippen molar-refractivity contribution in [3.05, 3.63) is 71.3 Å². The molecule has 6 heteroatoms. The fourth-order valence-corrected chi connectivity index (χ4v) is 3.74. The van der Waals surface area contributed by atoms with E-state index in [-0.39, 0.29) is 31.2 Å². The van der Waals surface area contributed by atoms with Crippen molar-refractivity contribution in [3.8, 4) is 0 Å². The molecule has 0 aromatic heterocycles. The van der Waals surface area contributed by atoms with Crippen molar-refractivity contribution in [2.75, 3.05) is 0 Å². The molecule has 0 heterocycles. The lowest BCUT2D eigenvalue weighted by Crippen LogP contribution is -2.45. The molecule has 0 spiro atoms. The van der Waals surface area contributed by atoms with Gasteiger partial charge in [0.15, 0.2) is 5.60 Å². The highest BCUT2D eigenvalue weighted by Gasteiger charge is 2.42. The molecule has 5 nitrogen and oxygen atoms in total. The van der Waals surface area contributed by atoms with E-state index in [0.29, 0.717) is 25.0 Å². The Morgan fingerprint density at radius 1 is 1.00 bits per heavy atom. The monoisotopic (exact) mass is 416 g/mol. The minimum atomic E-state index is -1.64. The third-order valence-electron chi connectivity index (χ3n) is 5.27. The highest BCUT2D eigenvalue weighted by Crippen LogP contribution is 2.31. The summed E-state index contributed by atoms with van der Waals surface area (Å²) in [5.41, 5.74) is 0.961. The number of alkyl halides is 1. The largest absolute Gasteiger partial charge is 0.391 e. The van der Waals surface area contributed by atoms with Gasteiger partial charge in [0.05, 0.1) is 19.1 Å². The molecule has 3 rings (SSSR count). The Labute approximate surface area is 175 Å². The zero-order chi connectivity index (χ0) is 20.7. The molecule has 2 aromatic carbocycles. The SMILES string of the molecule is O=C(Cc1ccccc1CCl)OC(=O)C1(O)CCC(OCc2ccccc2)CC1. The van der Waals surface area contributed by atoms with Gasteiger partial charge in [0.2, 0.25) is 0 Å². The Hall–Kier alpha value is -2.21. The summed E-state index contributed by atoms with van der Waals surface area (Å²) in [7, 11) is 0. The first-order valence-electron chi connectivity index (χ1n) is 9.76. The van der Waals surface area contributed by atoms with Crippen LogP contribution in [0.2, 0.25) is 0 Å². The van der Waals surface area contributed by atoms with E-state index in [1.165, 1.54) is 0 Å². The van der Waals surface area contributed by atoms with E-state index >= 15 is 0 Å². The Morgan fingerprint density at radius 3 is 2.28 bits per heavy atom. The first-order chi connectivity index (χ1) is 14.0. The van der Waals surface area contributed by atoms with Crippen molar-refractivity contribution < 1.29 is 24.2 Å². The van der Waals surface area contributed by atoms with E-state index in [1.54, 1.807) is 12.1 Å². The molecular formula is C23H25ClO5. The molecule has 0 atom stereocenters. The van der Waals surface area contributed by atoms with Gasteiger partial charge >= 0.3 is 11.9 Å². The molecule has 29 heavy (non-hydrogen) atoms. The highest BCUT2D eigenvalue weighted by atomic mass is 35.5. The summed E-state index contributed by atoms with van der Waals surface area (Å²) in [6, 6.07) is 17.1. The minimum absolute atomic E-state index is 0.0328. The third kappa shape index (κ3) is 5.89. The molecule has 0 radical (unpaired) electrons. The number of halogens is 1. The van der Waals surface area contributed by atoms with Gasteiger partial charge in [-0.1, -0.05) is 54.6 Å². The highest BCUT2D eigenvalue weighted by molar-refractivity contribution is 6.17. The van der Waals surface area contributed by atoms with Crippen molar-refractivity contribution in [1.82, 2.24) is 0 Å². The molecule has 154 valence electrons. The number of esters is 2. The number of hydrogen-bond acceptors (Lipinski definition) is 5. The summed E-state index contributed by atoms with van der Waals surface area (Å²) < 4.78 is 10.8. The Kier molecular flexibility index (Phi) is 7.42. The first kappa shape index (κ1) is 21.5. The van der Waals surface area contributed by atoms with E-state index in [2.05, 4.69) is 0 Å². The smallest absolute Gasteiger partial charge is 0.345 e. The van der Waals surface area contributed by atoms with Crippen LogP contribution in [0.15, 0.2) is 54.6 Å². The quantitative estimate of drug-likeness (QED) is 0.420. The van der Waals surface area contributed by atoms with Crippen LogP contribution in [0.5, 0.6) is 0 Å². The molecule has 0 unspecified atom stereocenters. The Morgan fingerprint density at radius 2 is 1.62 bits per heavy atom. The average Bonchev–Trinajstić information content (AvgIpc) is 2.74. The molecule has 0 aliphatic heterocycles. The molecule has 1 fully saturated rings. The maximum atomic E-state index is 12.4. The maximum absolute atomic E-state index is 12.4. The summed E-state index contributed by atoms with van der Waals surface area (Å²) in [6.45, 7) is 0.493. The van der Waals surface area contributed by atoms with Gasteiger partial charge in [-0.3, -0.25) is 4.79 Å². The average molecular weight is 417 g/mol. The summed E-state index contributed by atoms with van der Waals surface area (Å²) in [6.07, 6.45) is 1.37. The van der Waals surface area contributed by atoms with Gasteiger partial charge in [0.25, 0.3) is 0 Å². The van der Waals surface area contributed by atoms with Crippen LogP contribution in [0.4, 0.5) is 0 Å². The van der Waals surface area contributed by atoms with Crippen LogP contribution in [-0.4, -0.2) is 28.8 Å². The van der Waals surface area contributed by atoms with Gasteiger partial charge in [-0.2, -0.15) is 0 Å². The lowest BCUT2D eigenvalue weighted by Gasteiger charge is -2.33.